The van der Waals surface area contributed by atoms with Crippen molar-refractivity contribution in [1.29, 1.82) is 0 Å². The molecule has 1 amide bonds. The molecular weight excluding hydrogens is 354 g/mol. The molecule has 1 aliphatic heterocycles. The lowest BCUT2D eigenvalue weighted by Crippen LogP contribution is -2.18. The molecule has 6 heteroatoms. The first-order chi connectivity index (χ1) is 13.4. The van der Waals surface area contributed by atoms with Gasteiger partial charge in [-0.1, -0.05) is 48.5 Å². The second-order valence-corrected chi connectivity index (χ2v) is 6.41. The van der Waals surface area contributed by atoms with Gasteiger partial charge in [0.25, 0.3) is 0 Å². The number of carbonyl (C=O) groups excluding carboxylic acids is 1. The Morgan fingerprint density at radius 3 is 2.04 bits per heavy atom. The molecule has 1 aliphatic rings. The summed E-state index contributed by atoms with van der Waals surface area (Å²) in [5.41, 5.74) is 11.0. The normalized spacial score (nSPS) is 14.1. The fourth-order valence-corrected chi connectivity index (χ4v) is 3.01. The van der Waals surface area contributed by atoms with Crippen LogP contribution in [0, 0.1) is 0 Å². The summed E-state index contributed by atoms with van der Waals surface area (Å²) in [6.45, 7) is 0.689. The Bertz CT molecular complexity index is 971. The Balaban J connectivity index is 1.90. The summed E-state index contributed by atoms with van der Waals surface area (Å²) in [4.78, 5) is 23.6. The lowest BCUT2D eigenvalue weighted by Gasteiger charge is -2.16. The van der Waals surface area contributed by atoms with E-state index in [1.54, 1.807) is 12.2 Å². The van der Waals surface area contributed by atoms with Gasteiger partial charge in [-0.15, -0.1) is 0 Å². The molecule has 0 radical (unpaired) electrons. The van der Waals surface area contributed by atoms with Crippen molar-refractivity contribution in [2.24, 2.45) is 5.73 Å². The average molecular weight is 375 g/mol. The van der Waals surface area contributed by atoms with E-state index < -0.39 is 11.9 Å². The number of hydrogen-bond donors (Lipinski definition) is 3. The Morgan fingerprint density at radius 2 is 1.50 bits per heavy atom. The van der Waals surface area contributed by atoms with Gasteiger partial charge in [-0.25, -0.2) is 4.79 Å². The first-order valence-corrected chi connectivity index (χ1v) is 8.73. The third-order valence-corrected chi connectivity index (χ3v) is 4.35. The summed E-state index contributed by atoms with van der Waals surface area (Å²) in [7, 11) is 2.01. The highest BCUT2D eigenvalue weighted by molar-refractivity contribution is 5.92. The molecule has 6 nitrogen and oxygen atoms in total. The maximum Gasteiger partial charge on any atom is 0.328 e. The van der Waals surface area contributed by atoms with E-state index >= 15 is 0 Å². The first-order valence-electron chi connectivity index (χ1n) is 8.73. The number of aliphatic carboxylic acids is 1. The zero-order valence-corrected chi connectivity index (χ0v) is 15.4. The third-order valence-electron chi connectivity index (χ3n) is 4.35. The molecule has 0 saturated heterocycles. The van der Waals surface area contributed by atoms with E-state index in [4.69, 9.17) is 10.8 Å². The van der Waals surface area contributed by atoms with Crippen molar-refractivity contribution in [2.45, 2.75) is 0 Å². The quantitative estimate of drug-likeness (QED) is 0.675. The van der Waals surface area contributed by atoms with E-state index in [9.17, 15) is 9.59 Å². The summed E-state index contributed by atoms with van der Waals surface area (Å²) in [5, 5.41) is 12.2. The molecule has 0 aliphatic carbocycles. The van der Waals surface area contributed by atoms with Crippen LogP contribution in [-0.2, 0) is 9.59 Å². The van der Waals surface area contributed by atoms with Crippen LogP contribution in [0.4, 0.5) is 0 Å². The molecule has 0 atom stereocenters. The highest BCUT2D eigenvalue weighted by atomic mass is 16.4. The molecule has 1 heterocycles. The number of hydrogen-bond acceptors (Lipinski definition) is 4. The SMILES string of the molecule is CN1CNC(c2ccc(/C=C/C(N)=O)cc2)=C1c1ccc(/C=C/C(=O)O)cc1. The van der Waals surface area contributed by atoms with Gasteiger partial charge < -0.3 is 21.1 Å². The maximum absolute atomic E-state index is 10.9. The van der Waals surface area contributed by atoms with Crippen LogP contribution in [0.15, 0.2) is 60.7 Å². The van der Waals surface area contributed by atoms with E-state index in [1.807, 2.05) is 55.6 Å². The van der Waals surface area contributed by atoms with Gasteiger partial charge in [-0.05, 0) is 28.8 Å². The topological polar surface area (TPSA) is 95.7 Å². The Hall–Kier alpha value is -3.80. The van der Waals surface area contributed by atoms with Gasteiger partial charge in [0, 0.05) is 24.8 Å². The van der Waals surface area contributed by atoms with Crippen LogP contribution >= 0.6 is 0 Å². The Morgan fingerprint density at radius 1 is 0.964 bits per heavy atom. The molecule has 0 spiro atoms. The molecule has 0 bridgehead atoms. The lowest BCUT2D eigenvalue weighted by atomic mass is 10.0. The summed E-state index contributed by atoms with van der Waals surface area (Å²) in [6.07, 6.45) is 5.70. The second kappa shape index (κ2) is 8.26. The zero-order chi connectivity index (χ0) is 20.1. The van der Waals surface area contributed by atoms with Gasteiger partial charge in [-0.2, -0.15) is 0 Å². The minimum absolute atomic E-state index is 0.477. The molecule has 0 unspecified atom stereocenters. The minimum atomic E-state index is -0.970. The van der Waals surface area contributed by atoms with Gasteiger partial charge in [0.2, 0.25) is 5.91 Å². The van der Waals surface area contributed by atoms with Crippen LogP contribution in [0.5, 0.6) is 0 Å². The third kappa shape index (κ3) is 4.48. The molecule has 0 aromatic heterocycles. The van der Waals surface area contributed by atoms with Gasteiger partial charge in [-0.3, -0.25) is 4.79 Å². The van der Waals surface area contributed by atoms with Crippen LogP contribution in [0.2, 0.25) is 0 Å². The van der Waals surface area contributed by atoms with Crippen LogP contribution in [0.3, 0.4) is 0 Å². The van der Waals surface area contributed by atoms with Crippen molar-refractivity contribution >= 4 is 35.4 Å². The summed E-state index contributed by atoms with van der Waals surface area (Å²) in [5.74, 6) is -1.45. The monoisotopic (exact) mass is 375 g/mol. The Kier molecular flexibility index (Phi) is 5.60. The van der Waals surface area contributed by atoms with Crippen LogP contribution in [0.25, 0.3) is 23.5 Å². The second-order valence-electron chi connectivity index (χ2n) is 6.41. The number of carboxylic acids is 1. The molecule has 2 aromatic carbocycles. The molecule has 28 heavy (non-hydrogen) atoms. The molecule has 3 rings (SSSR count). The number of nitrogens with two attached hydrogens (primary N) is 1. The number of nitrogens with one attached hydrogen (secondary N) is 1. The average Bonchev–Trinajstić information content (AvgIpc) is 3.07. The Labute approximate surface area is 163 Å². The smallest absolute Gasteiger partial charge is 0.328 e. The highest BCUT2D eigenvalue weighted by Crippen LogP contribution is 2.31. The van der Waals surface area contributed by atoms with Crippen molar-refractivity contribution in [3.8, 4) is 0 Å². The molecule has 0 fully saturated rings. The van der Waals surface area contributed by atoms with Crippen LogP contribution < -0.4 is 11.1 Å². The van der Waals surface area contributed by atoms with Gasteiger partial charge in [0.05, 0.1) is 18.1 Å². The highest BCUT2D eigenvalue weighted by Gasteiger charge is 2.21. The number of amides is 1. The van der Waals surface area contributed by atoms with E-state index in [2.05, 4.69) is 10.2 Å². The van der Waals surface area contributed by atoms with E-state index in [0.29, 0.717) is 6.67 Å². The number of rotatable bonds is 6. The predicted octanol–water partition coefficient (Wildman–Crippen LogP) is 2.60. The zero-order valence-electron chi connectivity index (χ0n) is 15.4. The molecular formula is C22H21N3O3. The van der Waals surface area contributed by atoms with Crippen LogP contribution in [0.1, 0.15) is 22.3 Å². The van der Waals surface area contributed by atoms with Crippen molar-refractivity contribution in [2.75, 3.05) is 13.7 Å². The van der Waals surface area contributed by atoms with Crippen molar-refractivity contribution < 1.29 is 14.7 Å². The number of primary amides is 1. The van der Waals surface area contributed by atoms with E-state index in [1.165, 1.54) is 6.08 Å². The fourth-order valence-electron chi connectivity index (χ4n) is 3.01. The van der Waals surface area contributed by atoms with Gasteiger partial charge >= 0.3 is 5.97 Å². The standard InChI is InChI=1S/C22H21N3O3/c1-25-14-24-21(17-8-2-15(3-9-17)6-12-19(23)26)22(25)18-10-4-16(5-11-18)7-13-20(27)28/h2-13,24H,14H2,1H3,(H2,23,26)(H,27,28)/b12-6+,13-7+. The number of benzene rings is 2. The molecule has 4 N–H and O–H groups in total. The van der Waals surface area contributed by atoms with Crippen molar-refractivity contribution in [3.05, 3.63) is 82.9 Å². The lowest BCUT2D eigenvalue weighted by molar-refractivity contribution is -0.131. The van der Waals surface area contributed by atoms with E-state index in [0.717, 1.165) is 39.7 Å². The van der Waals surface area contributed by atoms with Crippen molar-refractivity contribution in [1.82, 2.24) is 10.2 Å². The maximum atomic E-state index is 10.9. The number of carbonyl (C=O) groups is 2. The van der Waals surface area contributed by atoms with E-state index in [-0.39, 0.29) is 0 Å². The fraction of sp³-hybridized carbons (Fsp3) is 0.0909. The summed E-state index contributed by atoms with van der Waals surface area (Å²) >= 11 is 0. The largest absolute Gasteiger partial charge is 0.478 e. The molecule has 2 aromatic rings. The van der Waals surface area contributed by atoms with Crippen LogP contribution in [-0.4, -0.2) is 35.6 Å². The van der Waals surface area contributed by atoms with Gasteiger partial charge in [0.15, 0.2) is 0 Å². The summed E-state index contributed by atoms with van der Waals surface area (Å²) in [6, 6.07) is 15.6. The minimum Gasteiger partial charge on any atom is -0.478 e. The predicted molar refractivity (Wildman–Crippen MR) is 110 cm³/mol. The number of nitrogens with zero attached hydrogens (tertiary/aromatic N) is 1. The van der Waals surface area contributed by atoms with Crippen molar-refractivity contribution in [3.63, 3.8) is 0 Å². The number of carboxylic acid groups (broad SMARTS) is 1. The van der Waals surface area contributed by atoms with Gasteiger partial charge in [0.1, 0.15) is 0 Å². The molecule has 142 valence electrons. The summed E-state index contributed by atoms with van der Waals surface area (Å²) < 4.78 is 0. The first kappa shape index (κ1) is 19.0. The molecule has 0 saturated carbocycles.